The van der Waals surface area contributed by atoms with E-state index in [4.69, 9.17) is 0 Å². The van der Waals surface area contributed by atoms with E-state index in [0.29, 0.717) is 5.69 Å². The lowest BCUT2D eigenvalue weighted by atomic mass is 9.99. The molecule has 1 aromatic heterocycles. The summed E-state index contributed by atoms with van der Waals surface area (Å²) < 4.78 is 0. The highest BCUT2D eigenvalue weighted by molar-refractivity contribution is 7.99. The van der Waals surface area contributed by atoms with E-state index in [9.17, 15) is 10.1 Å². The fourth-order valence-electron chi connectivity index (χ4n) is 1.93. The summed E-state index contributed by atoms with van der Waals surface area (Å²) in [5, 5.41) is 9.02. The lowest BCUT2D eigenvalue weighted by molar-refractivity contribution is -0.118. The quantitative estimate of drug-likeness (QED) is 0.817. The van der Waals surface area contributed by atoms with E-state index in [2.05, 4.69) is 11.1 Å². The first-order valence-electron chi connectivity index (χ1n) is 6.72. The molecule has 106 valence electrons. The molecule has 3 nitrogen and oxygen atoms in total. The van der Waals surface area contributed by atoms with E-state index in [1.807, 2.05) is 37.3 Å². The number of carbonyl (C=O) groups excluding carboxylic acids is 1. The van der Waals surface area contributed by atoms with Gasteiger partial charge in [0.1, 0.15) is 5.92 Å². The van der Waals surface area contributed by atoms with Gasteiger partial charge >= 0.3 is 0 Å². The molecule has 0 bridgehead atoms. The van der Waals surface area contributed by atoms with Crippen molar-refractivity contribution in [3.8, 4) is 6.07 Å². The summed E-state index contributed by atoms with van der Waals surface area (Å²) >= 11 is 1.55. The van der Waals surface area contributed by atoms with Crippen LogP contribution >= 0.6 is 11.8 Å². The third-order valence-electron chi connectivity index (χ3n) is 3.14. The van der Waals surface area contributed by atoms with Gasteiger partial charge in [-0.15, -0.1) is 11.8 Å². The molecule has 0 aliphatic rings. The average Bonchev–Trinajstić information content (AvgIpc) is 2.55. The first kappa shape index (κ1) is 15.3. The summed E-state index contributed by atoms with van der Waals surface area (Å²) in [7, 11) is 0. The number of hydrogen-bond acceptors (Lipinski definition) is 4. The molecule has 0 amide bonds. The Balaban J connectivity index is 2.00. The SMILES string of the molecule is C[C@H](SCc1ccccc1)C(=O)[C@@H](C#N)c1ccccn1. The predicted molar refractivity (Wildman–Crippen MR) is 84.8 cm³/mol. The number of nitriles is 1. The number of carbonyl (C=O) groups is 1. The maximum Gasteiger partial charge on any atom is 0.168 e. The van der Waals surface area contributed by atoms with Gasteiger partial charge in [-0.3, -0.25) is 9.78 Å². The first-order chi connectivity index (χ1) is 10.2. The van der Waals surface area contributed by atoms with Crippen molar-refractivity contribution in [3.05, 3.63) is 66.0 Å². The lowest BCUT2D eigenvalue weighted by Crippen LogP contribution is -2.22. The van der Waals surface area contributed by atoms with Crippen molar-refractivity contribution >= 4 is 17.5 Å². The van der Waals surface area contributed by atoms with E-state index in [1.54, 1.807) is 36.2 Å². The number of aromatic nitrogens is 1. The summed E-state index contributed by atoms with van der Waals surface area (Å²) in [6.45, 7) is 1.85. The molecule has 4 heteroatoms. The molecule has 0 aliphatic heterocycles. The second kappa shape index (κ2) is 7.61. The molecule has 2 atom stereocenters. The van der Waals surface area contributed by atoms with Gasteiger partial charge in [-0.05, 0) is 24.6 Å². The Morgan fingerprint density at radius 2 is 1.95 bits per heavy atom. The first-order valence-corrected chi connectivity index (χ1v) is 7.77. The summed E-state index contributed by atoms with van der Waals surface area (Å²) in [6.07, 6.45) is 1.61. The number of rotatable bonds is 6. The maximum atomic E-state index is 12.4. The van der Waals surface area contributed by atoms with E-state index in [0.717, 1.165) is 5.75 Å². The largest absolute Gasteiger partial charge is 0.297 e. The van der Waals surface area contributed by atoms with Crippen molar-refractivity contribution < 1.29 is 4.79 Å². The van der Waals surface area contributed by atoms with Crippen LogP contribution in [-0.2, 0) is 10.5 Å². The number of benzene rings is 1. The number of pyridine rings is 1. The van der Waals surface area contributed by atoms with Crippen LogP contribution in [0.1, 0.15) is 24.1 Å². The molecular formula is C17H16N2OS. The average molecular weight is 296 g/mol. The number of hydrogen-bond donors (Lipinski definition) is 0. The molecule has 0 spiro atoms. The highest BCUT2D eigenvalue weighted by Gasteiger charge is 2.26. The van der Waals surface area contributed by atoms with Gasteiger partial charge in [-0.2, -0.15) is 5.26 Å². The van der Waals surface area contributed by atoms with Crippen LogP contribution in [0.2, 0.25) is 0 Å². The minimum Gasteiger partial charge on any atom is -0.297 e. The van der Waals surface area contributed by atoms with Crippen LogP contribution < -0.4 is 0 Å². The zero-order chi connectivity index (χ0) is 15.1. The smallest absolute Gasteiger partial charge is 0.168 e. The molecule has 0 fully saturated rings. The lowest BCUT2D eigenvalue weighted by Gasteiger charge is -2.14. The van der Waals surface area contributed by atoms with Crippen LogP contribution in [0.4, 0.5) is 0 Å². The van der Waals surface area contributed by atoms with Gasteiger partial charge in [0.2, 0.25) is 0 Å². The van der Waals surface area contributed by atoms with Gasteiger partial charge in [0.25, 0.3) is 0 Å². The molecule has 21 heavy (non-hydrogen) atoms. The van der Waals surface area contributed by atoms with Gasteiger partial charge < -0.3 is 0 Å². The monoisotopic (exact) mass is 296 g/mol. The Morgan fingerprint density at radius 1 is 1.24 bits per heavy atom. The normalized spacial score (nSPS) is 13.1. The van der Waals surface area contributed by atoms with Gasteiger partial charge in [-0.1, -0.05) is 36.4 Å². The molecule has 1 aromatic carbocycles. The van der Waals surface area contributed by atoms with Crippen molar-refractivity contribution in [1.29, 1.82) is 5.26 Å². The molecular weight excluding hydrogens is 280 g/mol. The van der Waals surface area contributed by atoms with Crippen LogP contribution in [-0.4, -0.2) is 16.0 Å². The van der Waals surface area contributed by atoms with E-state index < -0.39 is 5.92 Å². The van der Waals surface area contributed by atoms with E-state index in [-0.39, 0.29) is 11.0 Å². The van der Waals surface area contributed by atoms with Gasteiger partial charge in [-0.25, -0.2) is 0 Å². The molecule has 0 unspecified atom stereocenters. The third kappa shape index (κ3) is 4.17. The number of ketones is 1. The van der Waals surface area contributed by atoms with Crippen LogP contribution in [0.3, 0.4) is 0 Å². The zero-order valence-electron chi connectivity index (χ0n) is 11.8. The molecule has 0 N–H and O–H groups in total. The van der Waals surface area contributed by atoms with Crippen molar-refractivity contribution in [2.45, 2.75) is 23.8 Å². The fourth-order valence-corrected chi connectivity index (χ4v) is 2.87. The van der Waals surface area contributed by atoms with Crippen molar-refractivity contribution in [2.75, 3.05) is 0 Å². The van der Waals surface area contributed by atoms with Crippen molar-refractivity contribution in [2.24, 2.45) is 0 Å². The molecule has 0 radical (unpaired) electrons. The third-order valence-corrected chi connectivity index (χ3v) is 4.37. The molecule has 1 heterocycles. The van der Waals surface area contributed by atoms with Crippen LogP contribution in [0, 0.1) is 11.3 Å². The Bertz CT molecular complexity index is 622. The fraction of sp³-hybridized carbons (Fsp3) is 0.235. The van der Waals surface area contributed by atoms with Gasteiger partial charge in [0.05, 0.1) is 17.0 Å². The molecule has 0 saturated carbocycles. The Labute approximate surface area is 129 Å². The highest BCUT2D eigenvalue weighted by Crippen LogP contribution is 2.24. The van der Waals surface area contributed by atoms with Gasteiger partial charge in [0.15, 0.2) is 5.78 Å². The standard InChI is InChI=1S/C17H16N2OS/c1-13(21-12-14-7-3-2-4-8-14)17(20)15(11-18)16-9-5-6-10-19-16/h2-10,13,15H,12H2,1H3/t13-,15-/m0/s1. The van der Waals surface area contributed by atoms with Crippen LogP contribution in [0.25, 0.3) is 0 Å². The Kier molecular flexibility index (Phi) is 5.53. The maximum absolute atomic E-state index is 12.4. The minimum absolute atomic E-state index is 0.0860. The summed E-state index contributed by atoms with van der Waals surface area (Å²) in [5.74, 6) is -0.115. The number of thioether (sulfide) groups is 1. The number of nitrogens with zero attached hydrogens (tertiary/aromatic N) is 2. The van der Waals surface area contributed by atoms with Crippen molar-refractivity contribution in [1.82, 2.24) is 4.98 Å². The highest BCUT2D eigenvalue weighted by atomic mass is 32.2. The zero-order valence-corrected chi connectivity index (χ0v) is 12.6. The van der Waals surface area contributed by atoms with Gasteiger partial charge in [0, 0.05) is 11.9 Å². The Morgan fingerprint density at radius 3 is 2.57 bits per heavy atom. The summed E-state index contributed by atoms with van der Waals surface area (Å²) in [6, 6.07) is 17.4. The van der Waals surface area contributed by atoms with Crippen LogP contribution in [0.5, 0.6) is 0 Å². The summed E-state index contributed by atoms with van der Waals surface area (Å²) in [5.41, 5.74) is 1.70. The molecule has 2 aromatic rings. The second-order valence-electron chi connectivity index (χ2n) is 4.66. The van der Waals surface area contributed by atoms with Crippen LogP contribution in [0.15, 0.2) is 54.7 Å². The number of Topliss-reactive ketones (excluding diaryl/α,β-unsaturated/α-hetero) is 1. The topological polar surface area (TPSA) is 53.8 Å². The molecule has 2 rings (SSSR count). The summed E-state index contributed by atoms with van der Waals surface area (Å²) in [4.78, 5) is 16.5. The molecule has 0 saturated heterocycles. The molecule has 0 aliphatic carbocycles. The second-order valence-corrected chi connectivity index (χ2v) is 5.99. The van der Waals surface area contributed by atoms with Crippen molar-refractivity contribution in [3.63, 3.8) is 0 Å². The minimum atomic E-state index is -0.788. The van der Waals surface area contributed by atoms with E-state index >= 15 is 0 Å². The predicted octanol–water partition coefficient (Wildman–Crippen LogP) is 3.58. The Hall–Kier alpha value is -2.12. The van der Waals surface area contributed by atoms with E-state index in [1.165, 1.54) is 5.56 Å².